The predicted molar refractivity (Wildman–Crippen MR) is 88.2 cm³/mol. The summed E-state index contributed by atoms with van der Waals surface area (Å²) in [7, 11) is 0. The number of benzene rings is 2. The molecule has 0 unspecified atom stereocenters. The zero-order chi connectivity index (χ0) is 14.8. The average Bonchev–Trinajstić information content (AvgIpc) is 2.83. The Labute approximate surface area is 131 Å². The van der Waals surface area contributed by atoms with E-state index in [4.69, 9.17) is 16.3 Å². The molecule has 1 aromatic heterocycles. The van der Waals surface area contributed by atoms with Crippen LogP contribution in [0.2, 0.25) is 4.34 Å². The van der Waals surface area contributed by atoms with Crippen molar-refractivity contribution in [2.45, 2.75) is 6.92 Å². The van der Waals surface area contributed by atoms with E-state index >= 15 is 0 Å². The van der Waals surface area contributed by atoms with Crippen molar-refractivity contribution < 1.29 is 9.53 Å². The molecule has 4 heteroatoms. The number of halogens is 1. The fourth-order valence-corrected chi connectivity index (χ4v) is 3.68. The monoisotopic (exact) mass is 316 g/mol. The maximum absolute atomic E-state index is 11.7. The number of carbonyl (C=O) groups is 1. The van der Waals surface area contributed by atoms with Crippen LogP contribution in [-0.2, 0) is 4.74 Å². The van der Waals surface area contributed by atoms with E-state index in [1.54, 1.807) is 30.4 Å². The topological polar surface area (TPSA) is 26.3 Å². The smallest absolute Gasteiger partial charge is 0.338 e. The molecule has 0 spiro atoms. The van der Waals surface area contributed by atoms with Crippen LogP contribution < -0.4 is 0 Å². The van der Waals surface area contributed by atoms with Crippen LogP contribution in [0.4, 0.5) is 0 Å². The van der Waals surface area contributed by atoms with Crippen LogP contribution in [0.1, 0.15) is 17.3 Å². The molecule has 1 heterocycles. The van der Waals surface area contributed by atoms with Gasteiger partial charge in [-0.2, -0.15) is 0 Å². The molecule has 3 aromatic rings. The Kier molecular flexibility index (Phi) is 3.95. The molecule has 0 saturated carbocycles. The largest absolute Gasteiger partial charge is 0.462 e. The Balaban J connectivity index is 2.03. The third-order valence-electron chi connectivity index (χ3n) is 3.24. The fraction of sp³-hybridized carbons (Fsp3) is 0.118. The van der Waals surface area contributed by atoms with Gasteiger partial charge in [0.1, 0.15) is 4.34 Å². The molecular formula is C17H13ClO2S. The van der Waals surface area contributed by atoms with Gasteiger partial charge >= 0.3 is 5.97 Å². The highest BCUT2D eigenvalue weighted by Crippen LogP contribution is 2.41. The first-order valence-electron chi connectivity index (χ1n) is 6.65. The van der Waals surface area contributed by atoms with E-state index in [1.807, 2.05) is 24.3 Å². The number of thiophene rings is 1. The standard InChI is InChI=1S/C17H13ClO2S/c1-2-20-17(19)12-9-7-11(8-10-12)15-13-5-3-4-6-14(13)21-16(15)18/h3-10H,2H2,1H3. The Hall–Kier alpha value is -1.84. The Bertz CT molecular complexity index is 790. The highest BCUT2D eigenvalue weighted by Gasteiger charge is 2.13. The molecule has 0 radical (unpaired) electrons. The zero-order valence-corrected chi connectivity index (χ0v) is 13.0. The van der Waals surface area contributed by atoms with Gasteiger partial charge in [-0.15, -0.1) is 11.3 Å². The van der Waals surface area contributed by atoms with Crippen LogP contribution in [0, 0.1) is 0 Å². The average molecular weight is 317 g/mol. The van der Waals surface area contributed by atoms with Gasteiger partial charge in [0.2, 0.25) is 0 Å². The molecule has 0 aliphatic heterocycles. The summed E-state index contributed by atoms with van der Waals surface area (Å²) in [6.45, 7) is 2.17. The molecule has 2 aromatic carbocycles. The number of hydrogen-bond donors (Lipinski definition) is 0. The summed E-state index contributed by atoms with van der Waals surface area (Å²) < 4.78 is 6.91. The van der Waals surface area contributed by atoms with Crippen molar-refractivity contribution in [2.75, 3.05) is 6.61 Å². The van der Waals surface area contributed by atoms with Crippen molar-refractivity contribution in [3.05, 3.63) is 58.4 Å². The van der Waals surface area contributed by atoms with Gasteiger partial charge in [-0.1, -0.05) is 41.9 Å². The summed E-state index contributed by atoms with van der Waals surface area (Å²) in [5.41, 5.74) is 2.58. The van der Waals surface area contributed by atoms with Crippen molar-refractivity contribution >= 4 is 39.0 Å². The summed E-state index contributed by atoms with van der Waals surface area (Å²) in [4.78, 5) is 11.7. The molecule has 0 saturated heterocycles. The second-order valence-electron chi connectivity index (χ2n) is 4.54. The van der Waals surface area contributed by atoms with Crippen molar-refractivity contribution in [2.24, 2.45) is 0 Å². The van der Waals surface area contributed by atoms with E-state index in [1.165, 1.54) is 0 Å². The summed E-state index contributed by atoms with van der Waals surface area (Å²) >= 11 is 7.95. The first kappa shape index (κ1) is 14.1. The lowest BCUT2D eigenvalue weighted by Crippen LogP contribution is -2.03. The Morgan fingerprint density at radius 1 is 1.14 bits per heavy atom. The first-order valence-corrected chi connectivity index (χ1v) is 7.84. The third-order valence-corrected chi connectivity index (χ3v) is 4.62. The van der Waals surface area contributed by atoms with Crippen LogP contribution in [0.5, 0.6) is 0 Å². The van der Waals surface area contributed by atoms with Crippen LogP contribution in [-0.4, -0.2) is 12.6 Å². The van der Waals surface area contributed by atoms with Crippen LogP contribution in [0.3, 0.4) is 0 Å². The van der Waals surface area contributed by atoms with E-state index < -0.39 is 0 Å². The second kappa shape index (κ2) is 5.88. The lowest BCUT2D eigenvalue weighted by Gasteiger charge is -2.04. The summed E-state index contributed by atoms with van der Waals surface area (Å²) in [5.74, 6) is -0.301. The summed E-state index contributed by atoms with van der Waals surface area (Å²) in [6.07, 6.45) is 0. The van der Waals surface area contributed by atoms with Crippen molar-refractivity contribution in [3.8, 4) is 11.1 Å². The summed E-state index contributed by atoms with van der Waals surface area (Å²) in [6, 6.07) is 15.5. The van der Waals surface area contributed by atoms with Gasteiger partial charge in [0.15, 0.2) is 0 Å². The van der Waals surface area contributed by atoms with Crippen molar-refractivity contribution in [1.29, 1.82) is 0 Å². The third kappa shape index (κ3) is 2.67. The number of carbonyl (C=O) groups excluding carboxylic acids is 1. The molecule has 106 valence electrons. The molecule has 0 fully saturated rings. The van der Waals surface area contributed by atoms with Gasteiger partial charge in [0, 0.05) is 15.6 Å². The molecule has 0 aliphatic carbocycles. The van der Waals surface area contributed by atoms with E-state index in [9.17, 15) is 4.79 Å². The molecular weight excluding hydrogens is 304 g/mol. The number of fused-ring (bicyclic) bond motifs is 1. The maximum atomic E-state index is 11.7. The predicted octanol–water partition coefficient (Wildman–Crippen LogP) is 5.40. The van der Waals surface area contributed by atoms with Gasteiger partial charge in [-0.25, -0.2) is 4.79 Å². The minimum absolute atomic E-state index is 0.301. The van der Waals surface area contributed by atoms with Crippen LogP contribution in [0.25, 0.3) is 21.2 Å². The Morgan fingerprint density at radius 2 is 1.86 bits per heavy atom. The van der Waals surface area contributed by atoms with E-state index in [2.05, 4.69) is 12.1 Å². The van der Waals surface area contributed by atoms with Gasteiger partial charge in [-0.3, -0.25) is 0 Å². The van der Waals surface area contributed by atoms with E-state index in [-0.39, 0.29) is 5.97 Å². The Morgan fingerprint density at radius 3 is 2.57 bits per heavy atom. The van der Waals surface area contributed by atoms with Gasteiger partial charge in [-0.05, 0) is 30.7 Å². The molecule has 21 heavy (non-hydrogen) atoms. The normalized spacial score (nSPS) is 10.8. The van der Waals surface area contributed by atoms with Gasteiger partial charge in [0.25, 0.3) is 0 Å². The molecule has 0 bridgehead atoms. The van der Waals surface area contributed by atoms with Crippen LogP contribution >= 0.6 is 22.9 Å². The summed E-state index contributed by atoms with van der Waals surface area (Å²) in [5, 5.41) is 1.14. The number of rotatable bonds is 3. The number of hydrogen-bond acceptors (Lipinski definition) is 3. The highest BCUT2D eigenvalue weighted by atomic mass is 35.5. The number of esters is 1. The molecule has 0 atom stereocenters. The molecule has 0 N–H and O–H groups in total. The molecule has 3 rings (SSSR count). The minimum Gasteiger partial charge on any atom is -0.462 e. The fourth-order valence-electron chi connectivity index (χ4n) is 2.27. The van der Waals surface area contributed by atoms with E-state index in [0.29, 0.717) is 12.2 Å². The lowest BCUT2D eigenvalue weighted by atomic mass is 10.0. The quantitative estimate of drug-likeness (QED) is 0.605. The lowest BCUT2D eigenvalue weighted by molar-refractivity contribution is 0.0526. The molecule has 0 aliphatic rings. The second-order valence-corrected chi connectivity index (χ2v) is 6.20. The molecule has 2 nitrogen and oxygen atoms in total. The highest BCUT2D eigenvalue weighted by molar-refractivity contribution is 7.23. The minimum atomic E-state index is -0.301. The van der Waals surface area contributed by atoms with Crippen molar-refractivity contribution in [3.63, 3.8) is 0 Å². The molecule has 0 amide bonds. The zero-order valence-electron chi connectivity index (χ0n) is 11.4. The number of ether oxygens (including phenoxy) is 1. The van der Waals surface area contributed by atoms with E-state index in [0.717, 1.165) is 25.5 Å². The first-order chi connectivity index (χ1) is 10.2. The SMILES string of the molecule is CCOC(=O)c1ccc(-c2c(Cl)sc3ccccc23)cc1. The van der Waals surface area contributed by atoms with Gasteiger partial charge < -0.3 is 4.74 Å². The van der Waals surface area contributed by atoms with Crippen LogP contribution in [0.15, 0.2) is 48.5 Å². The van der Waals surface area contributed by atoms with Crippen molar-refractivity contribution in [1.82, 2.24) is 0 Å². The van der Waals surface area contributed by atoms with Gasteiger partial charge in [0.05, 0.1) is 12.2 Å². The maximum Gasteiger partial charge on any atom is 0.338 e.